The fraction of sp³-hybridized carbons (Fsp3) is 0.824. The average molecular weight is 279 g/mol. The van der Waals surface area contributed by atoms with E-state index in [1.807, 2.05) is 0 Å². The molecule has 0 bridgehead atoms. The maximum Gasteiger partial charge on any atom is 0.304 e. The van der Waals surface area contributed by atoms with Crippen molar-refractivity contribution in [2.45, 2.75) is 71.3 Å². The molecule has 0 heterocycles. The van der Waals surface area contributed by atoms with Gasteiger partial charge in [0.1, 0.15) is 0 Å². The van der Waals surface area contributed by atoms with Gasteiger partial charge in [0, 0.05) is 6.92 Å². The molecule has 1 aliphatic rings. The predicted molar refractivity (Wildman–Crippen MR) is 82.4 cm³/mol. The highest BCUT2D eigenvalue weighted by molar-refractivity contribution is 5.67. The van der Waals surface area contributed by atoms with E-state index in [0.717, 1.165) is 45.3 Å². The van der Waals surface area contributed by atoms with Crippen molar-refractivity contribution in [2.24, 2.45) is 0 Å². The summed E-state index contributed by atoms with van der Waals surface area (Å²) in [5.74, 6) is 6.34. The highest BCUT2D eigenvalue weighted by Gasteiger charge is 2.31. The van der Waals surface area contributed by atoms with Crippen LogP contribution in [0.15, 0.2) is 0 Å². The van der Waals surface area contributed by atoms with Crippen molar-refractivity contribution >= 4 is 5.97 Å². The molecule has 0 unspecified atom stereocenters. The number of rotatable bonds is 4. The van der Waals surface area contributed by atoms with Crippen LogP contribution in [0.3, 0.4) is 0 Å². The van der Waals surface area contributed by atoms with Crippen LogP contribution in [0.2, 0.25) is 0 Å². The van der Waals surface area contributed by atoms with Crippen LogP contribution in [0.1, 0.15) is 65.7 Å². The predicted octanol–water partition coefficient (Wildman–Crippen LogP) is 3.38. The first-order valence-corrected chi connectivity index (χ1v) is 8.04. The van der Waals surface area contributed by atoms with E-state index < -0.39 is 5.60 Å². The van der Waals surface area contributed by atoms with Crippen LogP contribution in [0, 0.1) is 11.8 Å². The van der Waals surface area contributed by atoms with Gasteiger partial charge in [0.05, 0.1) is 6.54 Å². The maximum atomic E-state index is 11.4. The Hall–Kier alpha value is -1.01. The van der Waals surface area contributed by atoms with Gasteiger partial charge in [-0.1, -0.05) is 45.0 Å². The molecule has 0 aromatic carbocycles. The number of ether oxygens (including phenoxy) is 1. The van der Waals surface area contributed by atoms with Crippen LogP contribution >= 0.6 is 0 Å². The molecule has 1 aliphatic carbocycles. The number of carbonyl (C=O) groups is 1. The lowest BCUT2D eigenvalue weighted by Crippen LogP contribution is -2.34. The second-order valence-electron chi connectivity index (χ2n) is 5.62. The van der Waals surface area contributed by atoms with Gasteiger partial charge in [0.2, 0.25) is 0 Å². The molecule has 0 amide bonds. The second kappa shape index (κ2) is 9.02. The van der Waals surface area contributed by atoms with E-state index in [2.05, 4.69) is 30.6 Å². The second-order valence-corrected chi connectivity index (χ2v) is 5.62. The van der Waals surface area contributed by atoms with Gasteiger partial charge < -0.3 is 4.74 Å². The zero-order chi connectivity index (χ0) is 14.8. The minimum Gasteiger partial charge on any atom is -0.446 e. The molecular formula is C17H29NO2. The molecule has 1 fully saturated rings. The number of esters is 1. The third-order valence-electron chi connectivity index (χ3n) is 4.01. The van der Waals surface area contributed by atoms with Crippen LogP contribution in [0.5, 0.6) is 0 Å². The van der Waals surface area contributed by atoms with Gasteiger partial charge in [-0.15, -0.1) is 0 Å². The van der Waals surface area contributed by atoms with Crippen molar-refractivity contribution < 1.29 is 9.53 Å². The fourth-order valence-corrected chi connectivity index (χ4v) is 2.76. The summed E-state index contributed by atoms with van der Waals surface area (Å²) in [6, 6.07) is 0. The number of hydrogen-bond donors (Lipinski definition) is 0. The van der Waals surface area contributed by atoms with Crippen LogP contribution in [0.25, 0.3) is 0 Å². The number of nitrogens with zero attached hydrogens (tertiary/aromatic N) is 1. The standard InChI is InChI=1S/C17H29NO2/c1-4-18(5-2)15-11-14-17(20-16(3)19)12-9-7-6-8-10-13-17/h4-10,12-13,15H2,1-3H3. The van der Waals surface area contributed by atoms with Crippen LogP contribution in [0.4, 0.5) is 0 Å². The molecular weight excluding hydrogens is 250 g/mol. The quantitative estimate of drug-likeness (QED) is 0.583. The third-order valence-corrected chi connectivity index (χ3v) is 4.01. The molecule has 3 nitrogen and oxygen atoms in total. The lowest BCUT2D eigenvalue weighted by molar-refractivity contribution is -0.153. The first-order valence-electron chi connectivity index (χ1n) is 8.04. The van der Waals surface area contributed by atoms with Crippen molar-refractivity contribution in [1.29, 1.82) is 0 Å². The topological polar surface area (TPSA) is 29.5 Å². The fourth-order valence-electron chi connectivity index (χ4n) is 2.76. The number of carbonyl (C=O) groups excluding carboxylic acids is 1. The lowest BCUT2D eigenvalue weighted by atomic mass is 9.87. The van der Waals surface area contributed by atoms with Crippen LogP contribution in [-0.4, -0.2) is 36.1 Å². The Morgan fingerprint density at radius 1 is 1.10 bits per heavy atom. The lowest BCUT2D eigenvalue weighted by Gasteiger charge is -2.30. The molecule has 1 rings (SSSR count). The van der Waals surface area contributed by atoms with Crippen molar-refractivity contribution in [3.63, 3.8) is 0 Å². The summed E-state index contributed by atoms with van der Waals surface area (Å²) in [5, 5.41) is 0. The SMILES string of the molecule is CCN(CC)CC#CC1(OC(C)=O)CCCCCCC1. The average Bonchev–Trinajstić information content (AvgIpc) is 2.38. The van der Waals surface area contributed by atoms with Gasteiger partial charge in [-0.3, -0.25) is 9.69 Å². The van der Waals surface area contributed by atoms with E-state index in [0.29, 0.717) is 0 Å². The Bertz CT molecular complexity index is 342. The molecule has 3 heteroatoms. The van der Waals surface area contributed by atoms with Crippen LogP contribution < -0.4 is 0 Å². The smallest absolute Gasteiger partial charge is 0.304 e. The zero-order valence-electron chi connectivity index (χ0n) is 13.3. The van der Waals surface area contributed by atoms with E-state index in [1.54, 1.807) is 0 Å². The van der Waals surface area contributed by atoms with E-state index >= 15 is 0 Å². The minimum atomic E-state index is -0.528. The molecule has 0 atom stereocenters. The monoisotopic (exact) mass is 279 g/mol. The zero-order valence-corrected chi connectivity index (χ0v) is 13.3. The molecule has 0 aliphatic heterocycles. The van der Waals surface area contributed by atoms with Crippen LogP contribution in [-0.2, 0) is 9.53 Å². The van der Waals surface area contributed by atoms with Gasteiger partial charge >= 0.3 is 5.97 Å². The Morgan fingerprint density at radius 3 is 2.15 bits per heavy atom. The van der Waals surface area contributed by atoms with Crippen molar-refractivity contribution in [3.05, 3.63) is 0 Å². The highest BCUT2D eigenvalue weighted by Crippen LogP contribution is 2.29. The van der Waals surface area contributed by atoms with E-state index in [-0.39, 0.29) is 5.97 Å². The van der Waals surface area contributed by atoms with Gasteiger partial charge in [0.25, 0.3) is 0 Å². The molecule has 20 heavy (non-hydrogen) atoms. The van der Waals surface area contributed by atoms with Gasteiger partial charge in [-0.25, -0.2) is 0 Å². The molecule has 0 N–H and O–H groups in total. The molecule has 0 aromatic rings. The Labute approximate surface area is 124 Å². The van der Waals surface area contributed by atoms with Crippen molar-refractivity contribution in [3.8, 4) is 11.8 Å². The molecule has 0 radical (unpaired) electrons. The van der Waals surface area contributed by atoms with Gasteiger partial charge in [0.15, 0.2) is 5.60 Å². The largest absolute Gasteiger partial charge is 0.446 e. The number of hydrogen-bond acceptors (Lipinski definition) is 3. The summed E-state index contributed by atoms with van der Waals surface area (Å²) in [7, 11) is 0. The first-order chi connectivity index (χ1) is 9.62. The highest BCUT2D eigenvalue weighted by atomic mass is 16.6. The Morgan fingerprint density at radius 2 is 1.65 bits per heavy atom. The molecule has 0 saturated heterocycles. The summed E-state index contributed by atoms with van der Waals surface area (Å²) in [5.41, 5.74) is -0.528. The van der Waals surface area contributed by atoms with Crippen molar-refractivity contribution in [2.75, 3.05) is 19.6 Å². The molecule has 114 valence electrons. The van der Waals surface area contributed by atoms with E-state index in [1.165, 1.54) is 26.2 Å². The summed E-state index contributed by atoms with van der Waals surface area (Å²) in [6.07, 6.45) is 7.72. The maximum absolute atomic E-state index is 11.4. The summed E-state index contributed by atoms with van der Waals surface area (Å²) >= 11 is 0. The van der Waals surface area contributed by atoms with E-state index in [9.17, 15) is 4.79 Å². The normalized spacial score (nSPS) is 18.6. The summed E-state index contributed by atoms with van der Waals surface area (Å²) < 4.78 is 5.63. The summed E-state index contributed by atoms with van der Waals surface area (Å²) in [6.45, 7) is 8.55. The Kier molecular flexibility index (Phi) is 7.69. The molecule has 1 saturated carbocycles. The third kappa shape index (κ3) is 5.96. The first kappa shape index (κ1) is 17.0. The van der Waals surface area contributed by atoms with Gasteiger partial charge in [-0.2, -0.15) is 0 Å². The van der Waals surface area contributed by atoms with Gasteiger partial charge in [-0.05, 0) is 38.8 Å². The minimum absolute atomic E-state index is 0.206. The van der Waals surface area contributed by atoms with E-state index in [4.69, 9.17) is 4.74 Å². The molecule has 0 spiro atoms. The Balaban J connectivity index is 2.75. The molecule has 0 aromatic heterocycles. The summed E-state index contributed by atoms with van der Waals surface area (Å²) in [4.78, 5) is 13.7. The van der Waals surface area contributed by atoms with Crippen molar-refractivity contribution in [1.82, 2.24) is 4.90 Å².